The van der Waals surface area contributed by atoms with Crippen molar-refractivity contribution in [1.29, 1.82) is 0 Å². The zero-order valence-electron chi connectivity index (χ0n) is 15.8. The molecule has 0 radical (unpaired) electrons. The lowest BCUT2D eigenvalue weighted by molar-refractivity contribution is -0.138. The predicted molar refractivity (Wildman–Crippen MR) is 102 cm³/mol. The first-order valence-corrected chi connectivity index (χ1v) is 9.03. The Kier molecular flexibility index (Phi) is 4.80. The van der Waals surface area contributed by atoms with Crippen LogP contribution >= 0.6 is 0 Å². The summed E-state index contributed by atoms with van der Waals surface area (Å²) >= 11 is 0. The molecule has 0 saturated heterocycles. The van der Waals surface area contributed by atoms with E-state index in [9.17, 15) is 22.8 Å². The van der Waals surface area contributed by atoms with E-state index >= 15 is 0 Å². The number of H-pyrrole nitrogens is 1. The van der Waals surface area contributed by atoms with Gasteiger partial charge in [0.05, 0.1) is 28.8 Å². The number of anilines is 2. The highest BCUT2D eigenvalue weighted by Crippen LogP contribution is 2.31. The maximum atomic E-state index is 12.8. The van der Waals surface area contributed by atoms with E-state index in [1.54, 1.807) is 35.8 Å². The molecule has 1 aliphatic heterocycles. The number of alkyl halides is 3. The van der Waals surface area contributed by atoms with E-state index in [1.165, 1.54) is 4.90 Å². The molecule has 0 atom stereocenters. The van der Waals surface area contributed by atoms with E-state index in [2.05, 4.69) is 20.5 Å². The summed E-state index contributed by atoms with van der Waals surface area (Å²) in [4.78, 5) is 30.2. The van der Waals surface area contributed by atoms with Gasteiger partial charge in [-0.2, -0.15) is 18.3 Å². The third-order valence-corrected chi connectivity index (χ3v) is 4.68. The van der Waals surface area contributed by atoms with Crippen molar-refractivity contribution in [3.8, 4) is 0 Å². The first-order chi connectivity index (χ1) is 14.2. The van der Waals surface area contributed by atoms with Crippen molar-refractivity contribution in [1.82, 2.24) is 25.4 Å². The number of halogens is 3. The Hall–Kier alpha value is -3.63. The molecule has 1 aromatic carbocycles. The van der Waals surface area contributed by atoms with Crippen molar-refractivity contribution in [2.24, 2.45) is 0 Å². The van der Waals surface area contributed by atoms with Gasteiger partial charge in [0.15, 0.2) is 0 Å². The fourth-order valence-corrected chi connectivity index (χ4v) is 3.33. The number of rotatable bonds is 5. The van der Waals surface area contributed by atoms with Crippen LogP contribution < -0.4 is 10.6 Å². The molecule has 30 heavy (non-hydrogen) atoms. The first-order valence-electron chi connectivity index (χ1n) is 9.03. The maximum Gasteiger partial charge on any atom is 0.405 e. The fraction of sp³-hybridized carbons (Fsp3) is 0.263. The third-order valence-electron chi connectivity index (χ3n) is 4.68. The van der Waals surface area contributed by atoms with Gasteiger partial charge in [-0.3, -0.25) is 19.7 Å². The van der Waals surface area contributed by atoms with Crippen LogP contribution in [-0.2, 0) is 11.3 Å². The monoisotopic (exact) mass is 418 g/mol. The molecule has 0 aliphatic carbocycles. The Labute approximate surface area is 168 Å². The van der Waals surface area contributed by atoms with Crippen molar-refractivity contribution in [3.63, 3.8) is 0 Å². The van der Waals surface area contributed by atoms with Crippen molar-refractivity contribution in [2.45, 2.75) is 19.6 Å². The molecule has 0 spiro atoms. The second-order valence-electron chi connectivity index (χ2n) is 6.96. The lowest BCUT2D eigenvalue weighted by Gasteiger charge is -2.16. The molecule has 3 heterocycles. The van der Waals surface area contributed by atoms with Gasteiger partial charge < -0.3 is 15.5 Å². The molecule has 156 valence electrons. The van der Waals surface area contributed by atoms with Crippen molar-refractivity contribution >= 4 is 34.2 Å². The number of carbonyl (C=O) groups excluding carboxylic acids is 2. The largest absolute Gasteiger partial charge is 0.405 e. The van der Waals surface area contributed by atoms with E-state index in [1.807, 2.05) is 6.92 Å². The molecule has 0 saturated carbocycles. The summed E-state index contributed by atoms with van der Waals surface area (Å²) in [6.07, 6.45) is -2.89. The van der Waals surface area contributed by atoms with Gasteiger partial charge in [0, 0.05) is 6.54 Å². The quantitative estimate of drug-likeness (QED) is 0.591. The number of nitrogens with one attached hydrogen (secondary N) is 3. The summed E-state index contributed by atoms with van der Waals surface area (Å²) in [5.74, 6) is -1.30. The van der Waals surface area contributed by atoms with E-state index in [0.717, 1.165) is 11.2 Å². The van der Waals surface area contributed by atoms with Crippen LogP contribution in [0, 0.1) is 6.92 Å². The van der Waals surface area contributed by atoms with Crippen LogP contribution in [0.4, 0.5) is 24.5 Å². The van der Waals surface area contributed by atoms with Crippen LogP contribution in [0.15, 0.2) is 30.5 Å². The van der Waals surface area contributed by atoms with Gasteiger partial charge in [-0.15, -0.1) is 0 Å². The van der Waals surface area contributed by atoms with Crippen LogP contribution in [0.3, 0.4) is 0 Å². The average Bonchev–Trinajstić information content (AvgIpc) is 3.20. The molecular formula is C19H17F3N6O2. The van der Waals surface area contributed by atoms with E-state index in [-0.39, 0.29) is 6.54 Å². The molecule has 11 heteroatoms. The average molecular weight is 418 g/mol. The van der Waals surface area contributed by atoms with Crippen molar-refractivity contribution in [3.05, 3.63) is 47.3 Å². The van der Waals surface area contributed by atoms with E-state index in [4.69, 9.17) is 0 Å². The number of pyridine rings is 1. The van der Waals surface area contributed by atoms with Crippen LogP contribution in [0.1, 0.15) is 21.6 Å². The highest BCUT2D eigenvalue weighted by atomic mass is 19.4. The molecule has 1 aliphatic rings. The molecule has 0 unspecified atom stereocenters. The second-order valence-corrected chi connectivity index (χ2v) is 6.96. The number of benzene rings is 1. The van der Waals surface area contributed by atoms with Gasteiger partial charge in [0.2, 0.25) is 5.91 Å². The zero-order chi connectivity index (χ0) is 21.5. The van der Waals surface area contributed by atoms with Crippen molar-refractivity contribution in [2.75, 3.05) is 18.4 Å². The number of hydrogen-bond acceptors (Lipinski definition) is 5. The molecule has 4 rings (SSSR count). The maximum absolute atomic E-state index is 12.8. The zero-order valence-corrected chi connectivity index (χ0v) is 15.8. The SMILES string of the molecule is Cc1[nH]nc2cc(Nc3cccc4c3C(=O)N(CC(=O)NCC(F)(F)F)C4)cnc12. The summed E-state index contributed by atoms with van der Waals surface area (Å²) in [7, 11) is 0. The summed E-state index contributed by atoms with van der Waals surface area (Å²) in [6, 6.07) is 6.99. The van der Waals surface area contributed by atoms with Gasteiger partial charge in [-0.05, 0) is 24.6 Å². The predicted octanol–water partition coefficient (Wildman–Crippen LogP) is 2.64. The molecule has 0 fully saturated rings. The minimum atomic E-state index is -4.51. The van der Waals surface area contributed by atoms with Crippen molar-refractivity contribution < 1.29 is 22.8 Å². The van der Waals surface area contributed by atoms with Crippen LogP contribution in [0.5, 0.6) is 0 Å². The fourth-order valence-electron chi connectivity index (χ4n) is 3.33. The molecule has 3 N–H and O–H groups in total. The van der Waals surface area contributed by atoms with Gasteiger partial charge in [-0.1, -0.05) is 12.1 Å². The molecule has 0 bridgehead atoms. The highest BCUT2D eigenvalue weighted by Gasteiger charge is 2.32. The lowest BCUT2D eigenvalue weighted by atomic mass is 10.1. The molecule has 2 amide bonds. The third kappa shape index (κ3) is 3.91. The van der Waals surface area contributed by atoms with Gasteiger partial charge in [0.1, 0.15) is 24.1 Å². The van der Waals surface area contributed by atoms with E-state index in [0.29, 0.717) is 28.0 Å². The topological polar surface area (TPSA) is 103 Å². The Bertz CT molecular complexity index is 1140. The van der Waals surface area contributed by atoms with Gasteiger partial charge in [0.25, 0.3) is 5.91 Å². The number of aromatic amines is 1. The number of fused-ring (bicyclic) bond motifs is 2. The minimum absolute atomic E-state index is 0.138. The number of aryl methyl sites for hydroxylation is 1. The Morgan fingerprint density at radius 1 is 1.33 bits per heavy atom. The number of carbonyl (C=O) groups is 2. The van der Waals surface area contributed by atoms with Crippen LogP contribution in [0.2, 0.25) is 0 Å². The second kappa shape index (κ2) is 7.32. The van der Waals surface area contributed by atoms with Crippen LogP contribution in [-0.4, -0.2) is 51.2 Å². The number of hydrogen-bond donors (Lipinski definition) is 3. The molecule has 2 aromatic heterocycles. The number of nitrogens with zero attached hydrogens (tertiary/aromatic N) is 3. The smallest absolute Gasteiger partial charge is 0.354 e. The molecule has 8 nitrogen and oxygen atoms in total. The molecular weight excluding hydrogens is 401 g/mol. The summed E-state index contributed by atoms with van der Waals surface area (Å²) in [5, 5.41) is 11.9. The Balaban J connectivity index is 1.51. The summed E-state index contributed by atoms with van der Waals surface area (Å²) in [6.45, 7) is 0.107. The Morgan fingerprint density at radius 2 is 2.13 bits per heavy atom. The minimum Gasteiger partial charge on any atom is -0.354 e. The van der Waals surface area contributed by atoms with E-state index < -0.39 is 31.1 Å². The highest BCUT2D eigenvalue weighted by molar-refractivity contribution is 6.05. The normalized spacial score (nSPS) is 13.6. The first kappa shape index (κ1) is 19.7. The Morgan fingerprint density at radius 3 is 2.90 bits per heavy atom. The number of aromatic nitrogens is 3. The summed E-state index contributed by atoms with van der Waals surface area (Å²) in [5.41, 5.74) is 4.44. The molecule has 3 aromatic rings. The number of amides is 2. The summed E-state index contributed by atoms with van der Waals surface area (Å²) < 4.78 is 36.8. The lowest BCUT2D eigenvalue weighted by Crippen LogP contribution is -2.41. The standard InChI is InChI=1S/C19H17F3N6O2/c1-10-17-14(27-26-10)5-12(6-23-17)25-13-4-2-3-11-7-28(18(30)16(11)13)8-15(29)24-9-19(20,21)22/h2-6,25H,7-9H2,1H3,(H,24,29)(H,26,27). The van der Waals surface area contributed by atoms with Crippen LogP contribution in [0.25, 0.3) is 11.0 Å². The van der Waals surface area contributed by atoms with Gasteiger partial charge in [-0.25, -0.2) is 0 Å². The van der Waals surface area contributed by atoms with Gasteiger partial charge >= 0.3 is 6.18 Å².